The first-order valence-corrected chi connectivity index (χ1v) is 7.43. The normalized spacial score (nSPS) is 10.8. The van der Waals surface area contributed by atoms with Gasteiger partial charge in [-0.2, -0.15) is 0 Å². The van der Waals surface area contributed by atoms with Crippen molar-refractivity contribution >= 4 is 17.5 Å². The van der Waals surface area contributed by atoms with Crippen LogP contribution in [-0.2, 0) is 4.74 Å². The topological polar surface area (TPSA) is 98.9 Å². The molecule has 0 aliphatic carbocycles. The van der Waals surface area contributed by atoms with Crippen molar-refractivity contribution in [2.45, 2.75) is 0 Å². The summed E-state index contributed by atoms with van der Waals surface area (Å²) in [7, 11) is 1.58. The van der Waals surface area contributed by atoms with E-state index in [0.29, 0.717) is 30.1 Å². The predicted molar refractivity (Wildman–Crippen MR) is 91.9 cm³/mol. The van der Waals surface area contributed by atoms with Crippen molar-refractivity contribution < 1.29 is 24.3 Å². The highest BCUT2D eigenvalue weighted by Crippen LogP contribution is 2.26. The molecule has 0 heterocycles. The quantitative estimate of drug-likeness (QED) is 0.260. The zero-order valence-electron chi connectivity index (χ0n) is 13.5. The molecule has 2 rings (SSSR count). The van der Waals surface area contributed by atoms with E-state index in [1.54, 1.807) is 31.4 Å². The molecule has 7 nitrogen and oxygen atoms in total. The summed E-state index contributed by atoms with van der Waals surface area (Å²) in [5.41, 5.74) is 0.494. The van der Waals surface area contributed by atoms with Gasteiger partial charge in [-0.3, -0.25) is 14.9 Å². The molecule has 2 aromatic carbocycles. The minimum absolute atomic E-state index is 0.251. The number of methoxy groups -OCH3 is 1. The van der Waals surface area contributed by atoms with E-state index in [-0.39, 0.29) is 5.78 Å². The second-order valence-electron chi connectivity index (χ2n) is 5.07. The van der Waals surface area contributed by atoms with Crippen LogP contribution in [0.25, 0.3) is 6.08 Å². The van der Waals surface area contributed by atoms with Crippen LogP contribution in [0.3, 0.4) is 0 Å². The largest absolute Gasteiger partial charge is 0.502 e. The van der Waals surface area contributed by atoms with Crippen LogP contribution in [0.15, 0.2) is 48.5 Å². The van der Waals surface area contributed by atoms with Crippen LogP contribution < -0.4 is 4.74 Å². The molecule has 0 saturated heterocycles. The smallest absolute Gasteiger partial charge is 0.311 e. The maximum absolute atomic E-state index is 12.1. The van der Waals surface area contributed by atoms with Crippen molar-refractivity contribution in [2.75, 3.05) is 20.3 Å². The summed E-state index contributed by atoms with van der Waals surface area (Å²) in [6.07, 6.45) is 2.77. The number of benzene rings is 2. The second kappa shape index (κ2) is 8.60. The average Bonchev–Trinajstić information content (AvgIpc) is 2.61. The van der Waals surface area contributed by atoms with Gasteiger partial charge in [-0.05, 0) is 42.0 Å². The Hall–Kier alpha value is -3.19. The van der Waals surface area contributed by atoms with Crippen molar-refractivity contribution in [1.82, 2.24) is 0 Å². The Kier molecular flexibility index (Phi) is 6.25. The first kappa shape index (κ1) is 18.2. The van der Waals surface area contributed by atoms with Crippen molar-refractivity contribution in [2.24, 2.45) is 0 Å². The van der Waals surface area contributed by atoms with Gasteiger partial charge in [0, 0.05) is 18.7 Å². The maximum atomic E-state index is 12.1. The molecular formula is C18H17NO6. The lowest BCUT2D eigenvalue weighted by molar-refractivity contribution is -0.385. The van der Waals surface area contributed by atoms with Crippen LogP contribution >= 0.6 is 0 Å². The highest BCUT2D eigenvalue weighted by atomic mass is 16.6. The summed E-state index contributed by atoms with van der Waals surface area (Å²) in [5.74, 6) is -0.0385. The Morgan fingerprint density at radius 3 is 2.56 bits per heavy atom. The van der Waals surface area contributed by atoms with Crippen LogP contribution in [0.4, 0.5) is 5.69 Å². The molecule has 0 amide bonds. The Morgan fingerprint density at radius 2 is 1.92 bits per heavy atom. The van der Waals surface area contributed by atoms with Gasteiger partial charge < -0.3 is 14.6 Å². The molecule has 0 saturated carbocycles. The summed E-state index contributed by atoms with van der Waals surface area (Å²) in [6.45, 7) is 0.894. The van der Waals surface area contributed by atoms with E-state index in [2.05, 4.69) is 0 Å². The van der Waals surface area contributed by atoms with Gasteiger partial charge in [0.25, 0.3) is 0 Å². The number of allylic oxidation sites excluding steroid dienone is 1. The van der Waals surface area contributed by atoms with E-state index in [1.807, 2.05) is 0 Å². The number of rotatable bonds is 8. The molecule has 0 aliphatic heterocycles. The number of nitrogens with zero attached hydrogens (tertiary/aromatic N) is 1. The van der Waals surface area contributed by atoms with Gasteiger partial charge in [-0.1, -0.05) is 12.1 Å². The number of hydrogen-bond donors (Lipinski definition) is 1. The minimum atomic E-state index is -0.684. The molecule has 25 heavy (non-hydrogen) atoms. The van der Waals surface area contributed by atoms with Crippen LogP contribution in [-0.4, -0.2) is 36.1 Å². The third-order valence-corrected chi connectivity index (χ3v) is 3.32. The minimum Gasteiger partial charge on any atom is -0.502 e. The number of aromatic hydroxyl groups is 1. The predicted octanol–water partition coefficient (Wildman–Crippen LogP) is 3.22. The molecule has 0 spiro atoms. The standard InChI is InChI=1S/C18H17NO6/c1-24-10-11-25-15-6-4-14(5-7-15)17(20)8-2-13-3-9-18(21)16(12-13)19(22)23/h2-9,12,21H,10-11H2,1H3/b8-2-. The summed E-state index contributed by atoms with van der Waals surface area (Å²) < 4.78 is 10.3. The first-order valence-electron chi connectivity index (χ1n) is 7.43. The first-order chi connectivity index (χ1) is 12.0. The summed E-state index contributed by atoms with van der Waals surface area (Å²) >= 11 is 0. The van der Waals surface area contributed by atoms with Crippen molar-refractivity contribution in [3.8, 4) is 11.5 Å². The Bertz CT molecular complexity index is 783. The van der Waals surface area contributed by atoms with Gasteiger partial charge in [0.2, 0.25) is 0 Å². The third kappa shape index (κ3) is 5.15. The van der Waals surface area contributed by atoms with Crippen LogP contribution in [0.5, 0.6) is 11.5 Å². The van der Waals surface area contributed by atoms with Crippen LogP contribution in [0.2, 0.25) is 0 Å². The molecule has 130 valence electrons. The van der Waals surface area contributed by atoms with Gasteiger partial charge in [0.1, 0.15) is 12.4 Å². The molecule has 0 bridgehead atoms. The molecule has 0 fully saturated rings. The number of phenolic OH excluding ortho intramolecular Hbond substituents is 1. The average molecular weight is 343 g/mol. The van der Waals surface area contributed by atoms with E-state index in [4.69, 9.17) is 9.47 Å². The fourth-order valence-corrected chi connectivity index (χ4v) is 2.02. The fourth-order valence-electron chi connectivity index (χ4n) is 2.02. The number of carbonyl (C=O) groups is 1. The monoisotopic (exact) mass is 343 g/mol. The van der Waals surface area contributed by atoms with E-state index >= 15 is 0 Å². The number of nitro benzene ring substituents is 1. The summed E-state index contributed by atoms with van der Waals surface area (Å²) in [4.78, 5) is 22.3. The molecule has 0 aromatic heterocycles. The lowest BCUT2D eigenvalue weighted by atomic mass is 10.1. The lowest BCUT2D eigenvalue weighted by Crippen LogP contribution is -2.04. The highest BCUT2D eigenvalue weighted by molar-refractivity contribution is 6.06. The molecule has 0 radical (unpaired) electrons. The number of hydrogen-bond acceptors (Lipinski definition) is 6. The van der Waals surface area contributed by atoms with Crippen molar-refractivity contribution in [1.29, 1.82) is 0 Å². The van der Waals surface area contributed by atoms with Crippen molar-refractivity contribution in [3.63, 3.8) is 0 Å². The summed E-state index contributed by atoms with van der Waals surface area (Å²) in [6, 6.07) is 10.5. The zero-order valence-corrected chi connectivity index (χ0v) is 13.5. The molecular weight excluding hydrogens is 326 g/mol. The lowest BCUT2D eigenvalue weighted by Gasteiger charge is -2.05. The van der Waals surface area contributed by atoms with Gasteiger partial charge in [-0.15, -0.1) is 0 Å². The Balaban J connectivity index is 2.05. The summed E-state index contributed by atoms with van der Waals surface area (Å²) in [5, 5.41) is 20.2. The van der Waals surface area contributed by atoms with Gasteiger partial charge in [0.15, 0.2) is 11.5 Å². The SMILES string of the molecule is COCCOc1ccc(C(=O)/C=C\c2ccc(O)c([N+](=O)[O-])c2)cc1. The highest BCUT2D eigenvalue weighted by Gasteiger charge is 2.12. The molecule has 1 N–H and O–H groups in total. The maximum Gasteiger partial charge on any atom is 0.311 e. The van der Waals surface area contributed by atoms with Gasteiger partial charge >= 0.3 is 5.69 Å². The number of phenols is 1. The van der Waals surface area contributed by atoms with E-state index < -0.39 is 16.4 Å². The molecule has 0 atom stereocenters. The number of carbonyl (C=O) groups excluding carboxylic acids is 1. The van der Waals surface area contributed by atoms with Crippen molar-refractivity contribution in [3.05, 3.63) is 69.8 Å². The number of ether oxygens (including phenoxy) is 2. The Labute approximate surface area is 144 Å². The molecule has 7 heteroatoms. The Morgan fingerprint density at radius 1 is 1.20 bits per heavy atom. The third-order valence-electron chi connectivity index (χ3n) is 3.32. The number of ketones is 1. The fraction of sp³-hybridized carbons (Fsp3) is 0.167. The van der Waals surface area contributed by atoms with E-state index in [0.717, 1.165) is 0 Å². The van der Waals surface area contributed by atoms with Gasteiger partial charge in [-0.25, -0.2) is 0 Å². The molecule has 0 aliphatic rings. The molecule has 2 aromatic rings. The van der Waals surface area contributed by atoms with Gasteiger partial charge in [0.05, 0.1) is 11.5 Å². The van der Waals surface area contributed by atoms with E-state index in [9.17, 15) is 20.0 Å². The van der Waals surface area contributed by atoms with Crippen LogP contribution in [0.1, 0.15) is 15.9 Å². The van der Waals surface area contributed by atoms with E-state index in [1.165, 1.54) is 30.4 Å². The second-order valence-corrected chi connectivity index (χ2v) is 5.07. The molecule has 0 unspecified atom stereocenters. The zero-order chi connectivity index (χ0) is 18.2. The number of nitro groups is 1. The van der Waals surface area contributed by atoms with Crippen LogP contribution in [0, 0.1) is 10.1 Å².